The van der Waals surface area contributed by atoms with Crippen molar-refractivity contribution in [1.82, 2.24) is 5.32 Å². The fourth-order valence-corrected chi connectivity index (χ4v) is 3.12. The van der Waals surface area contributed by atoms with Crippen LogP contribution in [0.2, 0.25) is 10.0 Å². The van der Waals surface area contributed by atoms with Gasteiger partial charge in [0, 0.05) is 16.6 Å². The monoisotopic (exact) mass is 315 g/mol. The van der Waals surface area contributed by atoms with Crippen LogP contribution in [0.15, 0.2) is 18.2 Å². The molecule has 0 spiro atoms. The molecule has 1 fully saturated rings. The highest BCUT2D eigenvalue weighted by atomic mass is 35.5. The average molecular weight is 316 g/mol. The Morgan fingerprint density at radius 3 is 2.90 bits per heavy atom. The van der Waals surface area contributed by atoms with Crippen LogP contribution in [-0.2, 0) is 11.3 Å². The molecule has 1 aromatic carbocycles. The fraction of sp³-hybridized carbons (Fsp3) is 0.533. The van der Waals surface area contributed by atoms with Gasteiger partial charge in [-0.1, -0.05) is 29.3 Å². The van der Waals surface area contributed by atoms with Crippen molar-refractivity contribution in [1.29, 1.82) is 0 Å². The molecule has 0 aliphatic carbocycles. The Kier molecular flexibility index (Phi) is 5.70. The topological polar surface area (TPSA) is 33.5 Å². The first kappa shape index (κ1) is 15.6. The zero-order chi connectivity index (χ0) is 14.5. The molecule has 2 N–H and O–H groups in total. The Hall–Kier alpha value is -0.770. The van der Waals surface area contributed by atoms with Gasteiger partial charge in [-0.05, 0) is 43.9 Å². The standard InChI is InChI=1S/C15H20Cl2N2O/c1-11-4-2-3-7-19(11)10-15(20)18-9-12-5-6-13(16)8-14(12)17/h5-6,8,11H,2-4,7,9-10H2,1H3,(H,18,20)/p+1/t11-/m1/s1. The third-order valence-corrected chi connectivity index (χ3v) is 4.55. The molecule has 0 bridgehead atoms. The van der Waals surface area contributed by atoms with Gasteiger partial charge < -0.3 is 10.2 Å². The van der Waals surface area contributed by atoms with E-state index in [1.165, 1.54) is 24.2 Å². The number of carbonyl (C=O) groups excluding carboxylic acids is 1. The van der Waals surface area contributed by atoms with Crippen molar-refractivity contribution in [2.75, 3.05) is 13.1 Å². The van der Waals surface area contributed by atoms with Crippen LogP contribution in [0.3, 0.4) is 0 Å². The minimum atomic E-state index is 0.0831. The Morgan fingerprint density at radius 1 is 1.40 bits per heavy atom. The van der Waals surface area contributed by atoms with E-state index in [9.17, 15) is 4.79 Å². The highest BCUT2D eigenvalue weighted by Gasteiger charge is 2.23. The van der Waals surface area contributed by atoms with E-state index >= 15 is 0 Å². The van der Waals surface area contributed by atoms with Gasteiger partial charge in [-0.25, -0.2) is 0 Å². The van der Waals surface area contributed by atoms with Gasteiger partial charge in [0.25, 0.3) is 5.91 Å². The number of rotatable bonds is 4. The lowest BCUT2D eigenvalue weighted by Crippen LogP contribution is -3.17. The maximum absolute atomic E-state index is 12.0. The second kappa shape index (κ2) is 7.30. The van der Waals surface area contributed by atoms with Crippen LogP contribution in [0.1, 0.15) is 31.7 Å². The molecule has 3 nitrogen and oxygen atoms in total. The zero-order valence-corrected chi connectivity index (χ0v) is 13.2. The maximum Gasteiger partial charge on any atom is 0.275 e. The zero-order valence-electron chi connectivity index (χ0n) is 11.7. The lowest BCUT2D eigenvalue weighted by Gasteiger charge is -2.29. The van der Waals surface area contributed by atoms with Crippen LogP contribution in [0, 0.1) is 0 Å². The molecule has 0 radical (unpaired) electrons. The van der Waals surface area contributed by atoms with E-state index in [4.69, 9.17) is 23.2 Å². The summed E-state index contributed by atoms with van der Waals surface area (Å²) < 4.78 is 0. The fourth-order valence-electron chi connectivity index (χ4n) is 2.64. The number of carbonyl (C=O) groups is 1. The number of benzene rings is 1. The molecule has 1 amide bonds. The van der Waals surface area contributed by atoms with E-state index in [1.807, 2.05) is 6.07 Å². The highest BCUT2D eigenvalue weighted by molar-refractivity contribution is 6.35. The summed E-state index contributed by atoms with van der Waals surface area (Å²) in [6.45, 7) is 4.32. The first-order valence-electron chi connectivity index (χ1n) is 7.11. The van der Waals surface area contributed by atoms with Crippen molar-refractivity contribution >= 4 is 29.1 Å². The van der Waals surface area contributed by atoms with Crippen LogP contribution in [-0.4, -0.2) is 25.0 Å². The smallest absolute Gasteiger partial charge is 0.275 e. The summed E-state index contributed by atoms with van der Waals surface area (Å²) in [4.78, 5) is 13.4. The molecule has 20 heavy (non-hydrogen) atoms. The van der Waals surface area contributed by atoms with Crippen molar-refractivity contribution in [3.8, 4) is 0 Å². The molecule has 1 unspecified atom stereocenters. The summed E-state index contributed by atoms with van der Waals surface area (Å²) in [5.74, 6) is 0.0831. The number of piperidine rings is 1. The molecule has 1 heterocycles. The third kappa shape index (κ3) is 4.37. The van der Waals surface area contributed by atoms with Crippen LogP contribution in [0.4, 0.5) is 0 Å². The second-order valence-corrected chi connectivity index (χ2v) is 6.34. The lowest BCUT2D eigenvalue weighted by atomic mass is 10.0. The molecule has 1 aliphatic rings. The summed E-state index contributed by atoms with van der Waals surface area (Å²) in [6, 6.07) is 5.91. The number of halogens is 2. The van der Waals surface area contributed by atoms with Crippen molar-refractivity contribution in [2.24, 2.45) is 0 Å². The van der Waals surface area contributed by atoms with Gasteiger partial charge >= 0.3 is 0 Å². The number of amides is 1. The van der Waals surface area contributed by atoms with Crippen molar-refractivity contribution in [2.45, 2.75) is 38.8 Å². The number of quaternary nitrogens is 1. The molecule has 5 heteroatoms. The van der Waals surface area contributed by atoms with Crippen LogP contribution in [0.5, 0.6) is 0 Å². The molecule has 1 saturated heterocycles. The van der Waals surface area contributed by atoms with Gasteiger partial charge in [0.15, 0.2) is 6.54 Å². The summed E-state index contributed by atoms with van der Waals surface area (Å²) in [5.41, 5.74) is 0.895. The Balaban J connectivity index is 1.82. The third-order valence-electron chi connectivity index (χ3n) is 3.96. The van der Waals surface area contributed by atoms with Gasteiger partial charge in [0.05, 0.1) is 12.6 Å². The predicted molar refractivity (Wildman–Crippen MR) is 82.3 cm³/mol. The number of hydrogen-bond donors (Lipinski definition) is 2. The Bertz CT molecular complexity index is 479. The molecular weight excluding hydrogens is 295 g/mol. The van der Waals surface area contributed by atoms with E-state index in [0.29, 0.717) is 29.2 Å². The second-order valence-electron chi connectivity index (χ2n) is 5.49. The minimum absolute atomic E-state index is 0.0831. The summed E-state index contributed by atoms with van der Waals surface area (Å²) in [6.07, 6.45) is 3.72. The van der Waals surface area contributed by atoms with Gasteiger partial charge in [0.1, 0.15) is 0 Å². The van der Waals surface area contributed by atoms with Gasteiger partial charge in [-0.15, -0.1) is 0 Å². The summed E-state index contributed by atoms with van der Waals surface area (Å²) >= 11 is 11.9. The predicted octanol–water partition coefficient (Wildman–Crippen LogP) is 2.07. The minimum Gasteiger partial charge on any atom is -0.347 e. The Morgan fingerprint density at radius 2 is 2.20 bits per heavy atom. The Labute approximate surface area is 130 Å². The normalized spacial score (nSPS) is 22.6. The van der Waals surface area contributed by atoms with E-state index in [1.54, 1.807) is 12.1 Å². The molecule has 1 aliphatic heterocycles. The van der Waals surface area contributed by atoms with Crippen LogP contribution < -0.4 is 10.2 Å². The lowest BCUT2D eigenvalue weighted by molar-refractivity contribution is -0.921. The number of hydrogen-bond acceptors (Lipinski definition) is 1. The molecule has 1 aromatic rings. The van der Waals surface area contributed by atoms with E-state index < -0.39 is 0 Å². The molecule has 0 saturated carbocycles. The van der Waals surface area contributed by atoms with Crippen molar-refractivity contribution < 1.29 is 9.69 Å². The van der Waals surface area contributed by atoms with E-state index in [-0.39, 0.29) is 5.91 Å². The van der Waals surface area contributed by atoms with Gasteiger partial charge in [-0.2, -0.15) is 0 Å². The first-order valence-corrected chi connectivity index (χ1v) is 7.87. The van der Waals surface area contributed by atoms with Crippen molar-refractivity contribution in [3.05, 3.63) is 33.8 Å². The van der Waals surface area contributed by atoms with Crippen molar-refractivity contribution in [3.63, 3.8) is 0 Å². The largest absolute Gasteiger partial charge is 0.347 e. The molecule has 2 atom stereocenters. The van der Waals surface area contributed by atoms with Gasteiger partial charge in [-0.3, -0.25) is 4.79 Å². The molecule has 0 aromatic heterocycles. The SMILES string of the molecule is C[C@@H]1CCCC[NH+]1CC(=O)NCc1ccc(Cl)cc1Cl. The highest BCUT2D eigenvalue weighted by Crippen LogP contribution is 2.20. The molecular formula is C15H21Cl2N2O+. The molecule has 110 valence electrons. The quantitative estimate of drug-likeness (QED) is 0.876. The average Bonchev–Trinajstić information content (AvgIpc) is 2.40. The maximum atomic E-state index is 12.0. The summed E-state index contributed by atoms with van der Waals surface area (Å²) in [7, 11) is 0. The van der Waals surface area contributed by atoms with E-state index in [2.05, 4.69) is 12.2 Å². The molecule has 2 rings (SSSR count). The first-order chi connectivity index (χ1) is 9.56. The summed E-state index contributed by atoms with van der Waals surface area (Å²) in [5, 5.41) is 4.14. The number of likely N-dealkylation sites (tertiary alicyclic amines) is 1. The van der Waals surface area contributed by atoms with E-state index in [0.717, 1.165) is 12.1 Å². The number of nitrogens with one attached hydrogen (secondary N) is 2. The van der Waals surface area contributed by atoms with Crippen LogP contribution in [0.25, 0.3) is 0 Å². The van der Waals surface area contributed by atoms with Crippen LogP contribution >= 0.6 is 23.2 Å². The van der Waals surface area contributed by atoms with Gasteiger partial charge in [0.2, 0.25) is 0 Å².